The summed E-state index contributed by atoms with van der Waals surface area (Å²) in [7, 11) is 0. The van der Waals surface area contributed by atoms with Gasteiger partial charge in [0.2, 0.25) is 5.85 Å². The van der Waals surface area contributed by atoms with Gasteiger partial charge in [-0.2, -0.15) is 0 Å². The monoisotopic (exact) mass is 187 g/mol. The number of alkyl halides is 1. The molecule has 0 aromatic rings. The third-order valence-corrected chi connectivity index (χ3v) is 3.25. The maximum absolute atomic E-state index is 13.9. The third-order valence-electron chi connectivity index (χ3n) is 3.25. The van der Waals surface area contributed by atoms with Crippen molar-refractivity contribution in [2.45, 2.75) is 57.7 Å². The molecule has 3 heteroatoms. The molecule has 2 heterocycles. The Morgan fingerprint density at radius 3 is 2.85 bits per heavy atom. The normalized spacial score (nSPS) is 45.9. The minimum atomic E-state index is -1.43. The number of rotatable bonds is 1. The van der Waals surface area contributed by atoms with Gasteiger partial charge in [-0.1, -0.05) is 0 Å². The van der Waals surface area contributed by atoms with Crippen LogP contribution in [0, 0.1) is 0 Å². The number of ether oxygens (including phenoxy) is 1. The lowest BCUT2D eigenvalue weighted by molar-refractivity contribution is -0.135. The molecule has 2 aliphatic rings. The Morgan fingerprint density at radius 2 is 2.23 bits per heavy atom. The summed E-state index contributed by atoms with van der Waals surface area (Å²) >= 11 is 0. The van der Waals surface area contributed by atoms with Crippen molar-refractivity contribution >= 4 is 0 Å². The lowest BCUT2D eigenvalue weighted by atomic mass is 9.97. The molecule has 0 saturated carbocycles. The van der Waals surface area contributed by atoms with Gasteiger partial charge in [-0.3, -0.25) is 4.90 Å². The van der Waals surface area contributed by atoms with Crippen molar-refractivity contribution in [3.63, 3.8) is 0 Å². The first kappa shape index (κ1) is 9.41. The topological polar surface area (TPSA) is 12.5 Å². The van der Waals surface area contributed by atoms with Gasteiger partial charge in [-0.05, 0) is 33.6 Å². The molecule has 0 amide bonds. The second-order valence-electron chi connectivity index (χ2n) is 4.60. The highest BCUT2D eigenvalue weighted by Gasteiger charge is 2.51. The number of likely N-dealkylation sites (tertiary alicyclic amines) is 1. The summed E-state index contributed by atoms with van der Waals surface area (Å²) in [5, 5.41) is 0. The number of fused-ring (bicyclic) bond motifs is 2. The van der Waals surface area contributed by atoms with Gasteiger partial charge in [0.15, 0.2) is 0 Å². The Kier molecular flexibility index (Phi) is 2.11. The van der Waals surface area contributed by atoms with Crippen molar-refractivity contribution < 1.29 is 9.13 Å². The van der Waals surface area contributed by atoms with Crippen LogP contribution in [0.1, 0.15) is 33.6 Å². The summed E-state index contributed by atoms with van der Waals surface area (Å²) in [5.74, 6) is -1.43. The zero-order valence-electron chi connectivity index (χ0n) is 8.59. The largest absolute Gasteiger partial charge is 0.341 e. The molecule has 0 radical (unpaired) electrons. The van der Waals surface area contributed by atoms with Crippen molar-refractivity contribution in [2.24, 2.45) is 0 Å². The van der Waals surface area contributed by atoms with Gasteiger partial charge in [-0.15, -0.1) is 0 Å². The minimum Gasteiger partial charge on any atom is -0.341 e. The van der Waals surface area contributed by atoms with Gasteiger partial charge in [-0.25, -0.2) is 4.39 Å². The number of hydrogen-bond acceptors (Lipinski definition) is 2. The second-order valence-corrected chi connectivity index (χ2v) is 4.60. The zero-order valence-corrected chi connectivity index (χ0v) is 8.59. The summed E-state index contributed by atoms with van der Waals surface area (Å²) in [4.78, 5) is 2.23. The van der Waals surface area contributed by atoms with Gasteiger partial charge in [0.1, 0.15) is 0 Å². The average Bonchev–Trinajstić information content (AvgIpc) is 2.23. The molecule has 0 N–H and O–H groups in total. The van der Waals surface area contributed by atoms with Crippen LogP contribution >= 0.6 is 0 Å². The highest BCUT2D eigenvalue weighted by atomic mass is 19.2. The maximum atomic E-state index is 13.9. The van der Waals surface area contributed by atoms with Crippen LogP contribution in [-0.4, -0.2) is 35.5 Å². The Labute approximate surface area is 79.1 Å². The van der Waals surface area contributed by atoms with Crippen LogP contribution in [0.25, 0.3) is 0 Å². The van der Waals surface area contributed by atoms with E-state index >= 15 is 0 Å². The van der Waals surface area contributed by atoms with Crippen LogP contribution in [0.2, 0.25) is 0 Å². The number of piperidine rings is 1. The molecule has 0 aromatic carbocycles. The molecule has 2 saturated heterocycles. The van der Waals surface area contributed by atoms with E-state index in [1.165, 1.54) is 0 Å². The fourth-order valence-corrected chi connectivity index (χ4v) is 2.59. The van der Waals surface area contributed by atoms with E-state index in [1.54, 1.807) is 6.92 Å². The predicted molar refractivity (Wildman–Crippen MR) is 49.3 cm³/mol. The van der Waals surface area contributed by atoms with E-state index in [0.717, 1.165) is 19.4 Å². The number of halogens is 1. The van der Waals surface area contributed by atoms with E-state index in [-0.39, 0.29) is 12.1 Å². The zero-order chi connectivity index (χ0) is 9.64. The van der Waals surface area contributed by atoms with Gasteiger partial charge < -0.3 is 4.74 Å². The van der Waals surface area contributed by atoms with Crippen LogP contribution in [0.5, 0.6) is 0 Å². The van der Waals surface area contributed by atoms with Crippen molar-refractivity contribution in [3.05, 3.63) is 0 Å². The van der Waals surface area contributed by atoms with Crippen molar-refractivity contribution in [3.8, 4) is 0 Å². The first-order valence-corrected chi connectivity index (χ1v) is 5.13. The molecule has 0 aliphatic carbocycles. The fraction of sp³-hybridized carbons (Fsp3) is 1.00. The molecule has 0 spiro atoms. The van der Waals surface area contributed by atoms with E-state index in [2.05, 4.69) is 18.7 Å². The predicted octanol–water partition coefficient (Wildman–Crippen LogP) is 1.94. The molecule has 3 atom stereocenters. The van der Waals surface area contributed by atoms with Gasteiger partial charge in [0, 0.05) is 12.6 Å². The molecule has 2 bridgehead atoms. The summed E-state index contributed by atoms with van der Waals surface area (Å²) < 4.78 is 19.3. The Balaban J connectivity index is 2.17. The first-order valence-electron chi connectivity index (χ1n) is 5.13. The molecular weight excluding hydrogens is 169 g/mol. The Morgan fingerprint density at radius 1 is 1.54 bits per heavy atom. The van der Waals surface area contributed by atoms with Crippen LogP contribution in [0.15, 0.2) is 0 Å². The molecule has 2 fully saturated rings. The van der Waals surface area contributed by atoms with E-state index in [4.69, 9.17) is 4.74 Å². The minimum absolute atomic E-state index is 0.0220. The highest BCUT2D eigenvalue weighted by molar-refractivity contribution is 4.97. The smallest absolute Gasteiger partial charge is 0.222 e. The summed E-state index contributed by atoms with van der Waals surface area (Å²) in [5.41, 5.74) is 0. The fourth-order valence-electron chi connectivity index (χ4n) is 2.59. The quantitative estimate of drug-likeness (QED) is 0.622. The summed E-state index contributed by atoms with van der Waals surface area (Å²) in [6, 6.07) is 0.397. The molecule has 2 nitrogen and oxygen atoms in total. The third kappa shape index (κ3) is 1.48. The summed E-state index contributed by atoms with van der Waals surface area (Å²) in [6.07, 6.45) is 2.01. The number of nitrogens with zero attached hydrogens (tertiary/aromatic N) is 1. The molecule has 76 valence electrons. The van der Waals surface area contributed by atoms with Crippen molar-refractivity contribution in [2.75, 3.05) is 6.54 Å². The van der Waals surface area contributed by atoms with E-state index in [0.29, 0.717) is 6.04 Å². The standard InChI is InChI=1S/C10H18FNO/c1-7(2)12-5-4-8-6-9(12)10(3,11)13-8/h7-9H,4-6H2,1-3H3. The Hall–Kier alpha value is -0.150. The SMILES string of the molecule is CC(C)N1CCC2CC1C(C)(F)O2. The van der Waals surface area contributed by atoms with E-state index < -0.39 is 5.85 Å². The van der Waals surface area contributed by atoms with E-state index in [9.17, 15) is 4.39 Å². The molecule has 2 aliphatic heterocycles. The molecule has 13 heavy (non-hydrogen) atoms. The van der Waals surface area contributed by atoms with Crippen LogP contribution in [0.3, 0.4) is 0 Å². The van der Waals surface area contributed by atoms with Crippen molar-refractivity contribution in [1.82, 2.24) is 4.90 Å². The van der Waals surface area contributed by atoms with Gasteiger partial charge in [0.25, 0.3) is 0 Å². The van der Waals surface area contributed by atoms with Gasteiger partial charge in [0.05, 0.1) is 12.1 Å². The first-order chi connectivity index (χ1) is 6.00. The lowest BCUT2D eigenvalue weighted by Gasteiger charge is -2.37. The molecular formula is C10H18FNO. The van der Waals surface area contributed by atoms with E-state index in [1.807, 2.05) is 0 Å². The molecule has 3 unspecified atom stereocenters. The van der Waals surface area contributed by atoms with Crippen molar-refractivity contribution in [1.29, 1.82) is 0 Å². The molecule has 2 rings (SSSR count). The highest BCUT2D eigenvalue weighted by Crippen LogP contribution is 2.40. The average molecular weight is 187 g/mol. The Bertz CT molecular complexity index is 205. The molecule has 0 aromatic heterocycles. The maximum Gasteiger partial charge on any atom is 0.222 e. The lowest BCUT2D eigenvalue weighted by Crippen LogP contribution is -2.50. The van der Waals surface area contributed by atoms with Crippen LogP contribution < -0.4 is 0 Å². The second kappa shape index (κ2) is 2.92. The van der Waals surface area contributed by atoms with Gasteiger partial charge >= 0.3 is 0 Å². The summed E-state index contributed by atoms with van der Waals surface area (Å²) in [6.45, 7) is 6.79. The number of hydrogen-bond donors (Lipinski definition) is 0. The van der Waals surface area contributed by atoms with Crippen LogP contribution in [0.4, 0.5) is 4.39 Å². The van der Waals surface area contributed by atoms with Crippen LogP contribution in [-0.2, 0) is 4.74 Å².